The van der Waals surface area contributed by atoms with E-state index >= 15 is 0 Å². The molecule has 8 nitrogen and oxygen atoms in total. The highest BCUT2D eigenvalue weighted by molar-refractivity contribution is 7.92. The summed E-state index contributed by atoms with van der Waals surface area (Å²) < 4.78 is 43.4. The second-order valence-electron chi connectivity index (χ2n) is 10.2. The van der Waals surface area contributed by atoms with Crippen molar-refractivity contribution >= 4 is 26.7 Å². The standard InChI is InChI=1S/C32H31N3O5S/c1-22-30(19-35-21-33-28-9-5-6-10-29(28)35)39-32(40-31(22)24-13-11-23(20-36)12-14-24)25-15-17-26(18-16-25)34-41(37,38)27-7-3-2-4-8-27/h2-18,21-22,30-32,34,36H,19-20H2,1H3/t22-,30+,31+,32+/m0/s1. The van der Waals surface area contributed by atoms with Gasteiger partial charge in [-0.3, -0.25) is 4.72 Å². The molecular weight excluding hydrogens is 538 g/mol. The molecule has 0 radical (unpaired) electrons. The van der Waals surface area contributed by atoms with Gasteiger partial charge in [0.25, 0.3) is 10.0 Å². The van der Waals surface area contributed by atoms with Crippen molar-refractivity contribution in [3.8, 4) is 0 Å². The van der Waals surface area contributed by atoms with Crippen LogP contribution in [0, 0.1) is 5.92 Å². The third-order valence-electron chi connectivity index (χ3n) is 7.52. The summed E-state index contributed by atoms with van der Waals surface area (Å²) in [6.45, 7) is 2.68. The number of sulfonamides is 1. The van der Waals surface area contributed by atoms with E-state index in [0.29, 0.717) is 12.2 Å². The van der Waals surface area contributed by atoms with Gasteiger partial charge in [0, 0.05) is 17.2 Å². The zero-order chi connectivity index (χ0) is 28.4. The van der Waals surface area contributed by atoms with E-state index < -0.39 is 16.3 Å². The minimum atomic E-state index is -3.70. The molecule has 0 saturated carbocycles. The molecule has 210 valence electrons. The van der Waals surface area contributed by atoms with Gasteiger partial charge in [-0.05, 0) is 47.5 Å². The highest BCUT2D eigenvalue weighted by atomic mass is 32.2. The maximum atomic E-state index is 12.8. The summed E-state index contributed by atoms with van der Waals surface area (Å²) in [5.41, 5.74) is 5.01. The highest BCUT2D eigenvalue weighted by Gasteiger charge is 2.38. The number of ether oxygens (including phenoxy) is 2. The smallest absolute Gasteiger partial charge is 0.261 e. The zero-order valence-electron chi connectivity index (χ0n) is 22.5. The van der Waals surface area contributed by atoms with Crippen LogP contribution in [0.25, 0.3) is 11.0 Å². The lowest BCUT2D eigenvalue weighted by molar-refractivity contribution is -0.276. The van der Waals surface area contributed by atoms with Crippen molar-refractivity contribution in [3.05, 3.63) is 126 Å². The molecule has 1 aliphatic heterocycles. The first kappa shape index (κ1) is 27.2. The summed E-state index contributed by atoms with van der Waals surface area (Å²) in [4.78, 5) is 4.74. The minimum Gasteiger partial charge on any atom is -0.392 e. The van der Waals surface area contributed by atoms with Crippen LogP contribution in [0.15, 0.2) is 114 Å². The zero-order valence-corrected chi connectivity index (χ0v) is 23.3. The second-order valence-corrected chi connectivity index (χ2v) is 11.9. The Hall–Kier alpha value is -4.02. The first-order chi connectivity index (χ1) is 19.9. The number of anilines is 1. The SMILES string of the molecule is C[C@H]1[C@@H](Cn2cnc3ccccc32)O[C@@H](c2ccc(NS(=O)(=O)c3ccccc3)cc2)O[C@H]1c1ccc(CO)cc1. The Morgan fingerprint density at radius 1 is 0.854 bits per heavy atom. The number of nitrogens with one attached hydrogen (secondary N) is 1. The summed E-state index contributed by atoms with van der Waals surface area (Å²) in [7, 11) is -3.70. The first-order valence-corrected chi connectivity index (χ1v) is 15.0. The van der Waals surface area contributed by atoms with Crippen LogP contribution in [-0.4, -0.2) is 29.2 Å². The molecule has 0 bridgehead atoms. The van der Waals surface area contributed by atoms with E-state index in [0.717, 1.165) is 27.7 Å². The Labute approximate surface area is 239 Å². The van der Waals surface area contributed by atoms with Crippen LogP contribution in [0.4, 0.5) is 5.69 Å². The number of fused-ring (bicyclic) bond motifs is 1. The van der Waals surface area contributed by atoms with Crippen molar-refractivity contribution in [1.29, 1.82) is 0 Å². The predicted molar refractivity (Wildman–Crippen MR) is 156 cm³/mol. The van der Waals surface area contributed by atoms with Crippen LogP contribution < -0.4 is 4.72 Å². The summed E-state index contributed by atoms with van der Waals surface area (Å²) >= 11 is 0. The molecule has 1 aliphatic rings. The van der Waals surface area contributed by atoms with Crippen LogP contribution in [0.3, 0.4) is 0 Å². The van der Waals surface area contributed by atoms with Gasteiger partial charge in [-0.25, -0.2) is 13.4 Å². The molecule has 1 aromatic heterocycles. The van der Waals surface area contributed by atoms with E-state index in [2.05, 4.69) is 21.2 Å². The first-order valence-electron chi connectivity index (χ1n) is 13.5. The number of hydrogen-bond donors (Lipinski definition) is 2. The third kappa shape index (κ3) is 5.75. The predicted octanol–water partition coefficient (Wildman–Crippen LogP) is 5.82. The molecule has 0 aliphatic carbocycles. The number of benzene rings is 4. The van der Waals surface area contributed by atoms with Gasteiger partial charge < -0.3 is 19.1 Å². The van der Waals surface area contributed by atoms with Gasteiger partial charge in [-0.15, -0.1) is 0 Å². The van der Waals surface area contributed by atoms with E-state index in [1.807, 2.05) is 67.0 Å². The average Bonchev–Trinajstić information content (AvgIpc) is 3.41. The van der Waals surface area contributed by atoms with Crippen LogP contribution >= 0.6 is 0 Å². The molecule has 41 heavy (non-hydrogen) atoms. The molecular formula is C32H31N3O5S. The fraction of sp³-hybridized carbons (Fsp3) is 0.219. The van der Waals surface area contributed by atoms with Gasteiger partial charge in [0.1, 0.15) is 0 Å². The molecule has 4 aromatic carbocycles. The van der Waals surface area contributed by atoms with E-state index in [1.54, 1.807) is 42.5 Å². The molecule has 2 heterocycles. The van der Waals surface area contributed by atoms with E-state index in [-0.39, 0.29) is 29.6 Å². The molecule has 0 spiro atoms. The highest BCUT2D eigenvalue weighted by Crippen LogP contribution is 2.42. The Bertz CT molecular complexity index is 1720. The fourth-order valence-corrected chi connectivity index (χ4v) is 6.28. The van der Waals surface area contributed by atoms with E-state index in [9.17, 15) is 13.5 Å². The molecule has 5 aromatic rings. The summed E-state index contributed by atoms with van der Waals surface area (Å²) in [6, 6.07) is 31.1. The molecule has 0 amide bonds. The topological polar surface area (TPSA) is 103 Å². The molecule has 0 unspecified atom stereocenters. The molecule has 2 N–H and O–H groups in total. The molecule has 4 atom stereocenters. The Morgan fingerprint density at radius 3 is 2.27 bits per heavy atom. The number of nitrogens with zero attached hydrogens (tertiary/aromatic N) is 2. The second kappa shape index (κ2) is 11.5. The lowest BCUT2D eigenvalue weighted by Crippen LogP contribution is -2.39. The van der Waals surface area contributed by atoms with Crippen LogP contribution in [0.5, 0.6) is 0 Å². The van der Waals surface area contributed by atoms with E-state index in [4.69, 9.17) is 9.47 Å². The van der Waals surface area contributed by atoms with Crippen molar-refractivity contribution in [1.82, 2.24) is 9.55 Å². The Balaban J connectivity index is 1.27. The van der Waals surface area contributed by atoms with Gasteiger partial charge in [0.2, 0.25) is 0 Å². The number of hydrogen-bond acceptors (Lipinski definition) is 6. The average molecular weight is 570 g/mol. The van der Waals surface area contributed by atoms with E-state index in [1.165, 1.54) is 0 Å². The van der Waals surface area contributed by atoms with Crippen LogP contribution in [-0.2, 0) is 32.6 Å². The number of aliphatic hydroxyl groups is 1. The quantitative estimate of drug-likeness (QED) is 0.244. The van der Waals surface area contributed by atoms with Crippen molar-refractivity contribution < 1.29 is 23.0 Å². The number of rotatable bonds is 8. The molecule has 6 rings (SSSR count). The fourth-order valence-electron chi connectivity index (χ4n) is 5.20. The lowest BCUT2D eigenvalue weighted by atomic mass is 9.90. The van der Waals surface area contributed by atoms with Gasteiger partial charge in [0.15, 0.2) is 6.29 Å². The monoisotopic (exact) mass is 569 g/mol. The third-order valence-corrected chi connectivity index (χ3v) is 8.91. The van der Waals surface area contributed by atoms with Gasteiger partial charge in [-0.2, -0.15) is 0 Å². The van der Waals surface area contributed by atoms with Crippen molar-refractivity contribution in [2.45, 2.75) is 43.5 Å². The molecule has 9 heteroatoms. The van der Waals surface area contributed by atoms with Gasteiger partial charge in [-0.1, -0.05) is 73.7 Å². The summed E-state index contributed by atoms with van der Waals surface area (Å²) in [5.74, 6) is 0.00402. The maximum absolute atomic E-state index is 12.8. The maximum Gasteiger partial charge on any atom is 0.261 e. The number of aromatic nitrogens is 2. The lowest BCUT2D eigenvalue weighted by Gasteiger charge is -2.41. The van der Waals surface area contributed by atoms with Crippen molar-refractivity contribution in [2.75, 3.05) is 4.72 Å². The van der Waals surface area contributed by atoms with Gasteiger partial charge >= 0.3 is 0 Å². The van der Waals surface area contributed by atoms with Gasteiger partial charge in [0.05, 0.1) is 47.6 Å². The number of aliphatic hydroxyl groups excluding tert-OH is 1. The summed E-state index contributed by atoms with van der Waals surface area (Å²) in [5, 5.41) is 9.51. The minimum absolute atomic E-state index is 0.00402. The number of para-hydroxylation sites is 2. The molecule has 1 fully saturated rings. The largest absolute Gasteiger partial charge is 0.392 e. The Kier molecular flexibility index (Phi) is 7.59. The normalized spacial score (nSPS) is 21.1. The van der Waals surface area contributed by atoms with Crippen molar-refractivity contribution in [3.63, 3.8) is 0 Å². The van der Waals surface area contributed by atoms with Crippen molar-refractivity contribution in [2.24, 2.45) is 5.92 Å². The number of imidazole rings is 1. The molecule has 1 saturated heterocycles. The Morgan fingerprint density at radius 2 is 1.54 bits per heavy atom. The summed E-state index contributed by atoms with van der Waals surface area (Å²) in [6.07, 6.45) is 0.695. The van der Waals surface area contributed by atoms with Crippen LogP contribution in [0.2, 0.25) is 0 Å². The van der Waals surface area contributed by atoms with Crippen LogP contribution in [0.1, 0.15) is 36.0 Å².